The van der Waals surface area contributed by atoms with Gasteiger partial charge in [0.05, 0.1) is 24.7 Å². The molecule has 0 N–H and O–H groups in total. The number of unbranched alkanes of at least 4 members (excludes halogenated alkanes) is 3. The number of nitro groups is 1. The Balaban J connectivity index is 1.48. The summed E-state index contributed by atoms with van der Waals surface area (Å²) in [4.78, 5) is 21.8. The van der Waals surface area contributed by atoms with Crippen molar-refractivity contribution in [1.29, 1.82) is 0 Å². The second kappa shape index (κ2) is 8.63. The molecule has 0 aliphatic carbocycles. The van der Waals surface area contributed by atoms with E-state index in [1.54, 1.807) is 12.1 Å². The van der Waals surface area contributed by atoms with E-state index in [4.69, 9.17) is 14.2 Å². The minimum absolute atomic E-state index is 0.0540. The van der Waals surface area contributed by atoms with E-state index in [0.29, 0.717) is 32.0 Å². The second-order valence-corrected chi connectivity index (χ2v) is 5.79. The van der Waals surface area contributed by atoms with Crippen molar-refractivity contribution in [2.24, 2.45) is 0 Å². The van der Waals surface area contributed by atoms with Gasteiger partial charge in [-0.25, -0.2) is 4.79 Å². The van der Waals surface area contributed by atoms with Crippen LogP contribution in [0.3, 0.4) is 0 Å². The summed E-state index contributed by atoms with van der Waals surface area (Å²) in [6.45, 7) is 3.37. The molecule has 0 spiro atoms. The number of nitro benzene ring substituents is 1. The maximum absolute atomic E-state index is 11.7. The molecule has 1 aliphatic heterocycles. The average molecular weight is 337 g/mol. The van der Waals surface area contributed by atoms with Gasteiger partial charge in [0.2, 0.25) is 0 Å². The van der Waals surface area contributed by atoms with E-state index in [1.807, 2.05) is 6.92 Å². The van der Waals surface area contributed by atoms with Gasteiger partial charge in [0.15, 0.2) is 5.60 Å². The summed E-state index contributed by atoms with van der Waals surface area (Å²) in [5.74, 6) is 0.385. The zero-order valence-electron chi connectivity index (χ0n) is 13.9. The van der Waals surface area contributed by atoms with E-state index in [-0.39, 0.29) is 11.7 Å². The van der Waals surface area contributed by atoms with E-state index in [0.717, 1.165) is 25.7 Å². The van der Waals surface area contributed by atoms with Crippen molar-refractivity contribution in [3.63, 3.8) is 0 Å². The maximum Gasteiger partial charge on any atom is 0.340 e. The number of benzene rings is 1. The molecule has 132 valence electrons. The number of esters is 1. The molecule has 1 aromatic rings. The van der Waals surface area contributed by atoms with E-state index in [1.165, 1.54) is 12.1 Å². The van der Waals surface area contributed by atoms with E-state index >= 15 is 0 Å². The van der Waals surface area contributed by atoms with Crippen LogP contribution in [0.2, 0.25) is 0 Å². The molecular formula is C17H23NO6. The van der Waals surface area contributed by atoms with Crippen LogP contribution in [0.15, 0.2) is 24.3 Å². The van der Waals surface area contributed by atoms with Crippen LogP contribution < -0.4 is 4.74 Å². The number of hydrogen-bond acceptors (Lipinski definition) is 6. The highest BCUT2D eigenvalue weighted by Gasteiger charge is 2.52. The average Bonchev–Trinajstić information content (AvgIpc) is 3.38. The molecule has 0 amide bonds. The number of hydrogen-bond donors (Lipinski definition) is 0. The highest BCUT2D eigenvalue weighted by molar-refractivity contribution is 5.82. The van der Waals surface area contributed by atoms with E-state index < -0.39 is 10.5 Å². The van der Waals surface area contributed by atoms with Gasteiger partial charge in [-0.05, 0) is 44.2 Å². The lowest BCUT2D eigenvalue weighted by Gasteiger charge is -2.09. The Kier molecular flexibility index (Phi) is 6.54. The third-order valence-corrected chi connectivity index (χ3v) is 4.02. The standard InChI is InChI=1S/C17H23NO6/c1-2-17(13-24-17)16(19)23-12-6-4-3-5-11-22-15-9-7-14(8-10-15)18(20)21/h7-10H,2-6,11-13H2,1H3. The fraction of sp³-hybridized carbons (Fsp3) is 0.588. The number of nitrogens with zero attached hydrogens (tertiary/aromatic N) is 1. The van der Waals surface area contributed by atoms with Crippen LogP contribution in [0.1, 0.15) is 39.0 Å². The van der Waals surface area contributed by atoms with Gasteiger partial charge >= 0.3 is 5.97 Å². The number of carbonyl (C=O) groups excluding carboxylic acids is 1. The summed E-state index contributed by atoms with van der Waals surface area (Å²) in [6.07, 6.45) is 4.29. The van der Waals surface area contributed by atoms with Crippen molar-refractivity contribution < 1.29 is 23.9 Å². The van der Waals surface area contributed by atoms with Gasteiger partial charge in [0, 0.05) is 12.1 Å². The Morgan fingerprint density at radius 1 is 1.21 bits per heavy atom. The minimum atomic E-state index is -0.654. The fourth-order valence-corrected chi connectivity index (χ4v) is 2.26. The molecule has 1 saturated heterocycles. The fourth-order valence-electron chi connectivity index (χ4n) is 2.26. The molecule has 0 aromatic heterocycles. The van der Waals surface area contributed by atoms with Crippen molar-refractivity contribution in [2.45, 2.75) is 44.6 Å². The van der Waals surface area contributed by atoms with Gasteiger partial charge in [0.1, 0.15) is 5.75 Å². The Bertz CT molecular complexity index is 553. The quantitative estimate of drug-likeness (QED) is 0.202. The molecule has 1 aromatic carbocycles. The molecule has 0 saturated carbocycles. The lowest BCUT2D eigenvalue weighted by Crippen LogP contribution is -2.26. The highest BCUT2D eigenvalue weighted by Crippen LogP contribution is 2.31. The summed E-state index contributed by atoms with van der Waals surface area (Å²) in [7, 11) is 0. The molecule has 1 unspecified atom stereocenters. The Morgan fingerprint density at radius 3 is 2.38 bits per heavy atom. The molecule has 2 rings (SSSR count). The molecule has 7 nitrogen and oxygen atoms in total. The minimum Gasteiger partial charge on any atom is -0.494 e. The van der Waals surface area contributed by atoms with Crippen molar-refractivity contribution in [1.82, 2.24) is 0 Å². The Labute approximate surface area is 141 Å². The van der Waals surface area contributed by atoms with Gasteiger partial charge in [-0.3, -0.25) is 10.1 Å². The summed E-state index contributed by atoms with van der Waals surface area (Å²) in [5, 5.41) is 10.5. The maximum atomic E-state index is 11.7. The number of epoxide rings is 1. The van der Waals surface area contributed by atoms with E-state index in [2.05, 4.69) is 0 Å². The van der Waals surface area contributed by atoms with Crippen molar-refractivity contribution in [3.05, 3.63) is 34.4 Å². The van der Waals surface area contributed by atoms with Gasteiger partial charge in [-0.1, -0.05) is 6.92 Å². The van der Waals surface area contributed by atoms with Gasteiger partial charge in [0.25, 0.3) is 5.69 Å². The van der Waals surface area contributed by atoms with Crippen molar-refractivity contribution >= 4 is 11.7 Å². The summed E-state index contributed by atoms with van der Waals surface area (Å²) < 4.78 is 15.9. The van der Waals surface area contributed by atoms with Gasteiger partial charge in [-0.15, -0.1) is 0 Å². The molecule has 7 heteroatoms. The summed E-state index contributed by atoms with van der Waals surface area (Å²) in [5.41, 5.74) is -0.600. The third kappa shape index (κ3) is 5.19. The zero-order chi connectivity index (χ0) is 17.4. The third-order valence-electron chi connectivity index (χ3n) is 4.02. The lowest BCUT2D eigenvalue weighted by molar-refractivity contribution is -0.384. The first-order valence-electron chi connectivity index (χ1n) is 8.26. The van der Waals surface area contributed by atoms with Gasteiger partial charge in [-0.2, -0.15) is 0 Å². The van der Waals surface area contributed by atoms with Crippen LogP contribution >= 0.6 is 0 Å². The van der Waals surface area contributed by atoms with E-state index in [9.17, 15) is 14.9 Å². The van der Waals surface area contributed by atoms with Crippen molar-refractivity contribution in [3.8, 4) is 5.75 Å². The highest BCUT2D eigenvalue weighted by atomic mass is 16.6. The molecule has 1 aliphatic rings. The molecule has 0 bridgehead atoms. The smallest absolute Gasteiger partial charge is 0.340 e. The topological polar surface area (TPSA) is 91.2 Å². The number of non-ortho nitro benzene ring substituents is 1. The number of carbonyl (C=O) groups is 1. The first-order chi connectivity index (χ1) is 11.6. The molecule has 1 atom stereocenters. The summed E-state index contributed by atoms with van der Waals surface area (Å²) >= 11 is 0. The molecule has 24 heavy (non-hydrogen) atoms. The first kappa shape index (κ1) is 18.2. The van der Waals surface area contributed by atoms with Crippen LogP contribution in [-0.4, -0.2) is 36.3 Å². The second-order valence-electron chi connectivity index (χ2n) is 5.79. The number of rotatable bonds is 11. The van der Waals surface area contributed by atoms with Crippen LogP contribution in [0.25, 0.3) is 0 Å². The predicted octanol–water partition coefficient (Wildman–Crippen LogP) is 3.26. The molecule has 0 radical (unpaired) electrons. The van der Waals surface area contributed by atoms with Gasteiger partial charge < -0.3 is 14.2 Å². The Morgan fingerprint density at radius 2 is 1.83 bits per heavy atom. The lowest BCUT2D eigenvalue weighted by atomic mass is 10.1. The predicted molar refractivity (Wildman–Crippen MR) is 87.0 cm³/mol. The largest absolute Gasteiger partial charge is 0.494 e. The first-order valence-corrected chi connectivity index (χ1v) is 8.26. The van der Waals surface area contributed by atoms with Crippen LogP contribution in [-0.2, 0) is 14.3 Å². The summed E-state index contributed by atoms with van der Waals surface area (Å²) in [6, 6.07) is 6.05. The van der Waals surface area contributed by atoms with Crippen LogP contribution in [0.5, 0.6) is 5.75 Å². The van der Waals surface area contributed by atoms with Crippen LogP contribution in [0.4, 0.5) is 5.69 Å². The van der Waals surface area contributed by atoms with Crippen molar-refractivity contribution in [2.75, 3.05) is 19.8 Å². The number of ether oxygens (including phenoxy) is 3. The normalized spacial score (nSPS) is 18.9. The monoisotopic (exact) mass is 337 g/mol. The molecular weight excluding hydrogens is 314 g/mol. The van der Waals surface area contributed by atoms with Crippen LogP contribution in [0, 0.1) is 10.1 Å². The zero-order valence-corrected chi connectivity index (χ0v) is 13.9. The molecule has 1 heterocycles. The molecule has 1 fully saturated rings. The Hall–Kier alpha value is -2.15. The SMILES string of the molecule is CCC1(C(=O)OCCCCCCOc2ccc([N+](=O)[O-])cc2)CO1.